The van der Waals surface area contributed by atoms with Crippen molar-refractivity contribution < 1.29 is 0 Å². The van der Waals surface area contributed by atoms with Gasteiger partial charge in [-0.1, -0.05) is 36.4 Å². The Morgan fingerprint density at radius 3 is 2.26 bits per heavy atom. The summed E-state index contributed by atoms with van der Waals surface area (Å²) in [5.41, 5.74) is 12.6. The molecule has 3 rings (SSSR count). The summed E-state index contributed by atoms with van der Waals surface area (Å²) in [5.74, 6) is 0. The molecule has 0 unspecified atom stereocenters. The van der Waals surface area contributed by atoms with Crippen LogP contribution < -0.4 is 11.1 Å². The first kappa shape index (κ1) is 14.9. The molecular formula is C20H19N3. The maximum atomic E-state index is 7.70. The zero-order valence-electron chi connectivity index (χ0n) is 13.0. The van der Waals surface area contributed by atoms with Gasteiger partial charge in [0.1, 0.15) is 0 Å². The molecule has 0 aliphatic heterocycles. The molecule has 0 radical (unpaired) electrons. The minimum Gasteiger partial charge on any atom is -0.399 e. The van der Waals surface area contributed by atoms with Crippen molar-refractivity contribution in [2.45, 2.75) is 0 Å². The summed E-state index contributed by atoms with van der Waals surface area (Å²) >= 11 is 0. The van der Waals surface area contributed by atoms with Gasteiger partial charge in [0.2, 0.25) is 0 Å². The summed E-state index contributed by atoms with van der Waals surface area (Å²) in [5, 5.41) is 10.9. The van der Waals surface area contributed by atoms with E-state index in [0.717, 1.165) is 33.6 Å². The van der Waals surface area contributed by atoms with Gasteiger partial charge in [0.25, 0.3) is 0 Å². The lowest BCUT2D eigenvalue weighted by Crippen LogP contribution is -1.98. The number of hydrogen-bond donors (Lipinski definition) is 3. The molecule has 3 nitrogen and oxygen atoms in total. The maximum Gasteiger partial charge on any atom is 0.0540 e. The fraction of sp³-hybridized carbons (Fsp3) is 0.0500. The van der Waals surface area contributed by atoms with Crippen LogP contribution in [0, 0.1) is 5.41 Å². The second-order valence-corrected chi connectivity index (χ2v) is 5.41. The predicted octanol–water partition coefficient (Wildman–Crippen LogP) is 4.26. The van der Waals surface area contributed by atoms with Crippen LogP contribution in [0.1, 0.15) is 11.1 Å². The number of nitrogen functional groups attached to an aromatic ring is 1. The zero-order chi connectivity index (χ0) is 16.2. The summed E-state index contributed by atoms with van der Waals surface area (Å²) in [4.78, 5) is 0. The van der Waals surface area contributed by atoms with Gasteiger partial charge in [-0.2, -0.15) is 0 Å². The van der Waals surface area contributed by atoms with Crippen LogP contribution in [0.5, 0.6) is 0 Å². The van der Waals surface area contributed by atoms with Crippen molar-refractivity contribution in [2.24, 2.45) is 0 Å². The Hall–Kier alpha value is -3.07. The van der Waals surface area contributed by atoms with E-state index in [4.69, 9.17) is 11.1 Å². The molecule has 0 atom stereocenters. The Balaban J connectivity index is 2.20. The summed E-state index contributed by atoms with van der Waals surface area (Å²) in [6.07, 6.45) is 7.60. The first-order chi connectivity index (χ1) is 11.2. The number of allylic oxidation sites excluding steroid dienone is 5. The van der Waals surface area contributed by atoms with Gasteiger partial charge in [0.15, 0.2) is 0 Å². The molecule has 114 valence electrons. The first-order valence-electron chi connectivity index (χ1n) is 7.50. The van der Waals surface area contributed by atoms with Crippen LogP contribution >= 0.6 is 0 Å². The number of hydrogen-bond acceptors (Lipinski definition) is 3. The second kappa shape index (κ2) is 6.36. The van der Waals surface area contributed by atoms with Crippen molar-refractivity contribution in [3.8, 4) is 0 Å². The van der Waals surface area contributed by atoms with Crippen LogP contribution in [0.4, 0.5) is 11.4 Å². The minimum atomic E-state index is 0.509. The fourth-order valence-corrected chi connectivity index (χ4v) is 2.62. The van der Waals surface area contributed by atoms with E-state index >= 15 is 0 Å². The van der Waals surface area contributed by atoms with Gasteiger partial charge in [-0.15, -0.1) is 0 Å². The Morgan fingerprint density at radius 2 is 1.61 bits per heavy atom. The van der Waals surface area contributed by atoms with Crippen molar-refractivity contribution in [2.75, 3.05) is 18.1 Å². The van der Waals surface area contributed by atoms with Crippen LogP contribution in [0.3, 0.4) is 0 Å². The molecular weight excluding hydrogens is 282 g/mol. The molecule has 1 aliphatic rings. The Labute approximate surface area is 136 Å². The number of rotatable bonds is 3. The fourth-order valence-electron chi connectivity index (χ4n) is 2.62. The van der Waals surface area contributed by atoms with E-state index in [1.807, 2.05) is 67.7 Å². The standard InChI is InChI=1S/C20H19N3/c1-23-19-4-2-3-16(13-19)20(14-5-9-17(21)10-6-14)15-7-11-18(22)12-8-15/h2-13,21,23H,22H2,1H3. The van der Waals surface area contributed by atoms with E-state index in [1.54, 1.807) is 0 Å². The van der Waals surface area contributed by atoms with Gasteiger partial charge < -0.3 is 16.5 Å². The van der Waals surface area contributed by atoms with Crippen molar-refractivity contribution in [1.29, 1.82) is 5.41 Å². The smallest absolute Gasteiger partial charge is 0.0540 e. The average molecular weight is 301 g/mol. The quantitative estimate of drug-likeness (QED) is 0.742. The summed E-state index contributed by atoms with van der Waals surface area (Å²) < 4.78 is 0. The van der Waals surface area contributed by atoms with Crippen molar-refractivity contribution >= 4 is 22.7 Å². The molecule has 2 aromatic rings. The molecule has 23 heavy (non-hydrogen) atoms. The second-order valence-electron chi connectivity index (χ2n) is 5.41. The molecule has 0 saturated heterocycles. The number of benzene rings is 2. The largest absolute Gasteiger partial charge is 0.399 e. The number of nitrogens with one attached hydrogen (secondary N) is 2. The third kappa shape index (κ3) is 3.24. The van der Waals surface area contributed by atoms with Crippen molar-refractivity contribution in [3.63, 3.8) is 0 Å². The highest BCUT2D eigenvalue weighted by atomic mass is 14.8. The summed E-state index contributed by atoms with van der Waals surface area (Å²) in [7, 11) is 1.91. The van der Waals surface area contributed by atoms with Crippen LogP contribution in [0.15, 0.2) is 78.4 Å². The molecule has 3 heteroatoms. The lowest BCUT2D eigenvalue weighted by Gasteiger charge is -2.15. The number of anilines is 2. The Morgan fingerprint density at radius 1 is 0.913 bits per heavy atom. The molecule has 1 aliphatic carbocycles. The molecule has 0 bridgehead atoms. The molecule has 4 N–H and O–H groups in total. The normalized spacial score (nSPS) is 13.3. The topological polar surface area (TPSA) is 61.9 Å². The lowest BCUT2D eigenvalue weighted by molar-refractivity contribution is 1.46. The van der Waals surface area contributed by atoms with Crippen molar-refractivity contribution in [1.82, 2.24) is 0 Å². The maximum absolute atomic E-state index is 7.70. The lowest BCUT2D eigenvalue weighted by atomic mass is 9.90. The molecule has 0 fully saturated rings. The highest BCUT2D eigenvalue weighted by Gasteiger charge is 2.11. The van der Waals surface area contributed by atoms with Crippen LogP contribution in [0.2, 0.25) is 0 Å². The van der Waals surface area contributed by atoms with E-state index in [1.165, 1.54) is 0 Å². The van der Waals surface area contributed by atoms with Gasteiger partial charge in [-0.3, -0.25) is 0 Å². The molecule has 0 amide bonds. The van der Waals surface area contributed by atoms with Gasteiger partial charge >= 0.3 is 0 Å². The van der Waals surface area contributed by atoms with Gasteiger partial charge in [0, 0.05) is 18.4 Å². The summed E-state index contributed by atoms with van der Waals surface area (Å²) in [6, 6.07) is 16.2. The highest BCUT2D eigenvalue weighted by molar-refractivity contribution is 6.05. The van der Waals surface area contributed by atoms with Gasteiger partial charge in [-0.25, -0.2) is 0 Å². The van der Waals surface area contributed by atoms with E-state index in [0.29, 0.717) is 5.71 Å². The number of nitrogens with two attached hydrogens (primary N) is 1. The molecule has 0 aromatic heterocycles. The van der Waals surface area contributed by atoms with Crippen LogP contribution in [0.25, 0.3) is 5.57 Å². The zero-order valence-corrected chi connectivity index (χ0v) is 13.0. The van der Waals surface area contributed by atoms with E-state index in [-0.39, 0.29) is 0 Å². The molecule has 2 aromatic carbocycles. The first-order valence-corrected chi connectivity index (χ1v) is 7.50. The molecule has 0 saturated carbocycles. The third-order valence-corrected chi connectivity index (χ3v) is 3.81. The SMILES string of the molecule is CNc1cccc(C(=C2C=CC(=N)C=C2)c2ccc(N)cc2)c1. The van der Waals surface area contributed by atoms with E-state index in [9.17, 15) is 0 Å². The van der Waals surface area contributed by atoms with E-state index < -0.39 is 0 Å². The monoisotopic (exact) mass is 301 g/mol. The van der Waals surface area contributed by atoms with Crippen LogP contribution in [-0.4, -0.2) is 12.8 Å². The van der Waals surface area contributed by atoms with Crippen molar-refractivity contribution in [3.05, 3.63) is 89.5 Å². The van der Waals surface area contributed by atoms with Crippen LogP contribution in [-0.2, 0) is 0 Å². The Kier molecular flexibility index (Phi) is 4.11. The third-order valence-electron chi connectivity index (χ3n) is 3.81. The van der Waals surface area contributed by atoms with Gasteiger partial charge in [0.05, 0.1) is 5.71 Å². The minimum absolute atomic E-state index is 0.509. The molecule has 0 spiro atoms. The predicted molar refractivity (Wildman–Crippen MR) is 98.9 cm³/mol. The van der Waals surface area contributed by atoms with Gasteiger partial charge in [-0.05, 0) is 58.7 Å². The highest BCUT2D eigenvalue weighted by Crippen LogP contribution is 2.31. The average Bonchev–Trinajstić information content (AvgIpc) is 2.59. The Bertz CT molecular complexity index is 806. The van der Waals surface area contributed by atoms with E-state index in [2.05, 4.69) is 17.4 Å². The summed E-state index contributed by atoms with van der Waals surface area (Å²) in [6.45, 7) is 0. The molecule has 0 heterocycles.